The first-order chi connectivity index (χ1) is 18.2. The fourth-order valence-corrected chi connectivity index (χ4v) is 5.80. The smallest absolute Gasteiger partial charge is 0.228 e. The van der Waals surface area contributed by atoms with Gasteiger partial charge in [-0.3, -0.25) is 14.3 Å². The first-order valence-electron chi connectivity index (χ1n) is 12.6. The summed E-state index contributed by atoms with van der Waals surface area (Å²) >= 11 is 1.61. The third kappa shape index (κ3) is 5.08. The molecule has 0 bridgehead atoms. The molecule has 4 aromatic heterocycles. The molecular weight excluding hydrogens is 490 g/mol. The van der Waals surface area contributed by atoms with Gasteiger partial charge < -0.3 is 14.8 Å². The van der Waals surface area contributed by atoms with Crippen molar-refractivity contribution in [3.8, 4) is 17.3 Å². The number of hydrogen-bond donors (Lipinski definition) is 1. The van der Waals surface area contributed by atoms with E-state index < -0.39 is 0 Å². The van der Waals surface area contributed by atoms with Crippen molar-refractivity contribution in [3.63, 3.8) is 0 Å². The van der Waals surface area contributed by atoms with Gasteiger partial charge in [-0.05, 0) is 24.3 Å². The predicted molar refractivity (Wildman–Crippen MR) is 140 cm³/mol. The molecule has 4 aromatic rings. The number of nitrogens with zero attached hydrogens (tertiary/aromatic N) is 8. The van der Waals surface area contributed by atoms with Crippen LogP contribution in [0.3, 0.4) is 0 Å². The van der Waals surface area contributed by atoms with Crippen molar-refractivity contribution in [2.24, 2.45) is 0 Å². The summed E-state index contributed by atoms with van der Waals surface area (Å²) < 4.78 is 15.9. The third-order valence-corrected chi connectivity index (χ3v) is 8.03. The molecule has 0 spiro atoms. The molecule has 2 aliphatic rings. The van der Waals surface area contributed by atoms with Gasteiger partial charge in [0.1, 0.15) is 0 Å². The van der Waals surface area contributed by atoms with Crippen LogP contribution >= 0.6 is 11.3 Å². The maximum absolute atomic E-state index is 9.49. The zero-order chi connectivity index (χ0) is 25.1. The van der Waals surface area contributed by atoms with Gasteiger partial charge >= 0.3 is 0 Å². The number of anilines is 2. The number of nitriles is 1. The number of aromatic nitrogens is 6. The van der Waals surface area contributed by atoms with Gasteiger partial charge in [0.2, 0.25) is 5.95 Å². The van der Waals surface area contributed by atoms with E-state index in [2.05, 4.69) is 26.5 Å². The number of ether oxygens (including phenoxy) is 2. The van der Waals surface area contributed by atoms with Crippen LogP contribution in [0.2, 0.25) is 0 Å². The molecule has 12 heteroatoms. The minimum absolute atomic E-state index is 0.344. The monoisotopic (exact) mass is 519 g/mol. The predicted octanol–water partition coefficient (Wildman–Crippen LogP) is 3.25. The Labute approximate surface area is 218 Å². The van der Waals surface area contributed by atoms with Crippen molar-refractivity contribution < 1.29 is 9.47 Å². The van der Waals surface area contributed by atoms with Gasteiger partial charge in [0.05, 0.1) is 71.8 Å². The number of hydrogen-bond acceptors (Lipinski definition) is 10. The highest BCUT2D eigenvalue weighted by Gasteiger charge is 2.35. The first-order valence-corrected chi connectivity index (χ1v) is 13.5. The molecule has 0 unspecified atom stereocenters. The molecule has 0 amide bonds. The van der Waals surface area contributed by atoms with E-state index in [-0.39, 0.29) is 5.54 Å². The number of nitrogens with one attached hydrogen (secondary N) is 1. The summed E-state index contributed by atoms with van der Waals surface area (Å²) in [4.78, 5) is 12.0. The maximum Gasteiger partial charge on any atom is 0.228 e. The number of rotatable bonds is 8. The molecule has 0 radical (unpaired) electrons. The topological polar surface area (TPSA) is 119 Å². The van der Waals surface area contributed by atoms with Gasteiger partial charge in [-0.25, -0.2) is 9.97 Å². The second-order valence-electron chi connectivity index (χ2n) is 9.45. The van der Waals surface area contributed by atoms with Crippen molar-refractivity contribution in [2.75, 3.05) is 51.4 Å². The Morgan fingerprint density at radius 1 is 1.03 bits per heavy atom. The number of thiophene rings is 1. The lowest BCUT2D eigenvalue weighted by Crippen LogP contribution is -2.39. The van der Waals surface area contributed by atoms with Crippen LogP contribution in [0.4, 0.5) is 11.6 Å². The molecule has 6 heterocycles. The summed E-state index contributed by atoms with van der Waals surface area (Å²) in [6, 6.07) is 4.35. The van der Waals surface area contributed by atoms with Crippen molar-refractivity contribution in [1.29, 1.82) is 5.26 Å². The molecule has 2 saturated heterocycles. The van der Waals surface area contributed by atoms with E-state index in [1.807, 2.05) is 39.4 Å². The van der Waals surface area contributed by atoms with Gasteiger partial charge in [0.25, 0.3) is 0 Å². The summed E-state index contributed by atoms with van der Waals surface area (Å²) in [5, 5.41) is 24.0. The number of fused-ring (bicyclic) bond motifs is 1. The Hall–Kier alpha value is -3.37. The van der Waals surface area contributed by atoms with Crippen molar-refractivity contribution in [1.82, 2.24) is 34.4 Å². The van der Waals surface area contributed by atoms with Crippen LogP contribution in [0.1, 0.15) is 19.3 Å². The summed E-state index contributed by atoms with van der Waals surface area (Å²) in [6.07, 6.45) is 9.56. The summed E-state index contributed by atoms with van der Waals surface area (Å²) in [5.41, 5.74) is 3.11. The molecule has 0 aromatic carbocycles. The minimum Gasteiger partial charge on any atom is -0.381 e. The van der Waals surface area contributed by atoms with E-state index in [0.717, 1.165) is 79.4 Å². The molecule has 0 saturated carbocycles. The Balaban J connectivity index is 1.23. The van der Waals surface area contributed by atoms with Crippen molar-refractivity contribution in [2.45, 2.75) is 31.3 Å². The average Bonchev–Trinajstić information content (AvgIpc) is 3.70. The molecular formula is C25H29N9O2S. The molecule has 11 nitrogen and oxygen atoms in total. The quantitative estimate of drug-likeness (QED) is 0.374. The molecule has 6 rings (SSSR count). The van der Waals surface area contributed by atoms with E-state index in [1.165, 1.54) is 0 Å². The molecule has 1 N–H and O–H groups in total. The van der Waals surface area contributed by atoms with Crippen molar-refractivity contribution >= 4 is 33.2 Å². The standard InChI is InChI=1S/C25H29N9O2S/c26-5-2-25(3-10-35-11-4-25)34-17-19(15-28-34)22-23-21(1-14-37-23)30-24(31-22)29-20-16-27-33(18-20)7-6-32-8-12-36-13-9-32/h1,14-18H,2-4,6-13H2,(H,29,30,31). The average molecular weight is 520 g/mol. The highest BCUT2D eigenvalue weighted by atomic mass is 32.1. The second kappa shape index (κ2) is 10.5. The minimum atomic E-state index is -0.344. The normalized spacial score (nSPS) is 18.1. The van der Waals surface area contributed by atoms with E-state index >= 15 is 0 Å². The van der Waals surface area contributed by atoms with Gasteiger partial charge in [-0.1, -0.05) is 0 Å². The van der Waals surface area contributed by atoms with Gasteiger partial charge in [-0.15, -0.1) is 11.3 Å². The first kappa shape index (κ1) is 24.0. The van der Waals surface area contributed by atoms with E-state index in [1.54, 1.807) is 17.5 Å². The van der Waals surface area contributed by atoms with Gasteiger partial charge in [-0.2, -0.15) is 15.5 Å². The SMILES string of the molecule is N#CCC1(n2cc(-c3nc(Nc4cnn(CCN5CCOCC5)c4)nc4ccsc34)cn2)CCOCC1. The van der Waals surface area contributed by atoms with E-state index in [0.29, 0.717) is 25.6 Å². The lowest BCUT2D eigenvalue weighted by Gasteiger charge is -2.35. The summed E-state index contributed by atoms with van der Waals surface area (Å²) in [5.74, 6) is 0.513. The highest BCUT2D eigenvalue weighted by molar-refractivity contribution is 7.17. The summed E-state index contributed by atoms with van der Waals surface area (Å²) in [6.45, 7) is 6.53. The lowest BCUT2D eigenvalue weighted by atomic mass is 9.87. The molecule has 37 heavy (non-hydrogen) atoms. The van der Waals surface area contributed by atoms with Crippen LogP contribution in [0, 0.1) is 11.3 Å². The molecule has 192 valence electrons. The fraction of sp³-hybridized carbons (Fsp3) is 0.480. The van der Waals surface area contributed by atoms with Gasteiger partial charge in [0.15, 0.2) is 0 Å². The van der Waals surface area contributed by atoms with Crippen LogP contribution in [0.25, 0.3) is 21.5 Å². The van der Waals surface area contributed by atoms with Crippen LogP contribution in [0.5, 0.6) is 0 Å². The zero-order valence-electron chi connectivity index (χ0n) is 20.5. The largest absolute Gasteiger partial charge is 0.381 e. The van der Waals surface area contributed by atoms with Crippen LogP contribution in [0.15, 0.2) is 36.2 Å². The van der Waals surface area contributed by atoms with E-state index in [4.69, 9.17) is 19.4 Å². The van der Waals surface area contributed by atoms with Gasteiger partial charge in [0, 0.05) is 50.8 Å². The zero-order valence-corrected chi connectivity index (χ0v) is 21.4. The second-order valence-corrected chi connectivity index (χ2v) is 10.4. The molecule has 0 atom stereocenters. The molecule has 2 aliphatic heterocycles. The highest BCUT2D eigenvalue weighted by Crippen LogP contribution is 2.36. The Morgan fingerprint density at radius 2 is 1.86 bits per heavy atom. The van der Waals surface area contributed by atoms with Crippen molar-refractivity contribution in [3.05, 3.63) is 36.2 Å². The van der Waals surface area contributed by atoms with Crippen LogP contribution < -0.4 is 5.32 Å². The Morgan fingerprint density at radius 3 is 2.70 bits per heavy atom. The fourth-order valence-electron chi connectivity index (χ4n) is 4.95. The molecule has 2 fully saturated rings. The summed E-state index contributed by atoms with van der Waals surface area (Å²) in [7, 11) is 0. The third-order valence-electron chi connectivity index (χ3n) is 7.12. The lowest BCUT2D eigenvalue weighted by molar-refractivity contribution is 0.0172. The van der Waals surface area contributed by atoms with Crippen LogP contribution in [-0.4, -0.2) is 80.5 Å². The van der Waals surface area contributed by atoms with Crippen LogP contribution in [-0.2, 0) is 21.6 Å². The Bertz CT molecular complexity index is 1390. The Kier molecular flexibility index (Phi) is 6.84. The number of morpholine rings is 1. The maximum atomic E-state index is 9.49. The molecule has 0 aliphatic carbocycles. The van der Waals surface area contributed by atoms with E-state index in [9.17, 15) is 5.26 Å².